The molecule has 1 saturated heterocycles. The van der Waals surface area contributed by atoms with Gasteiger partial charge in [0.1, 0.15) is 0 Å². The molecule has 0 bridgehead atoms. The number of hydrogen-bond donors (Lipinski definition) is 1. The lowest BCUT2D eigenvalue weighted by atomic mass is 9.91. The Kier molecular flexibility index (Phi) is 5.00. The normalized spacial score (nSPS) is 16.4. The Bertz CT molecular complexity index is 1050. The molecule has 4 heterocycles. The van der Waals surface area contributed by atoms with Crippen molar-refractivity contribution in [2.75, 3.05) is 13.1 Å². The van der Waals surface area contributed by atoms with E-state index in [-0.39, 0.29) is 14.3 Å². The average molecular weight is 430 g/mol. The first-order valence-corrected chi connectivity index (χ1v) is 11.4. The molecular formula is C17H17Cl2N3O2S2. The fourth-order valence-corrected chi connectivity index (χ4v) is 6.86. The van der Waals surface area contributed by atoms with Crippen molar-refractivity contribution in [3.63, 3.8) is 0 Å². The van der Waals surface area contributed by atoms with Gasteiger partial charge in [-0.05, 0) is 56.0 Å². The van der Waals surface area contributed by atoms with Gasteiger partial charge in [-0.3, -0.25) is 0 Å². The zero-order valence-corrected chi connectivity index (χ0v) is 16.9. The van der Waals surface area contributed by atoms with Crippen LogP contribution in [0.2, 0.25) is 10.0 Å². The molecule has 1 fully saturated rings. The molecule has 138 valence electrons. The number of thiophene rings is 1. The molecule has 0 unspecified atom stereocenters. The molecule has 0 spiro atoms. The molecular weight excluding hydrogens is 413 g/mol. The van der Waals surface area contributed by atoms with Crippen molar-refractivity contribution < 1.29 is 8.42 Å². The van der Waals surface area contributed by atoms with Gasteiger partial charge in [-0.2, -0.15) is 8.42 Å². The molecule has 0 atom stereocenters. The van der Waals surface area contributed by atoms with Gasteiger partial charge in [-0.15, -0.1) is 11.3 Å². The van der Waals surface area contributed by atoms with Crippen molar-refractivity contribution >= 4 is 55.6 Å². The Hall–Kier alpha value is -1.12. The molecule has 0 saturated carbocycles. The first-order valence-electron chi connectivity index (χ1n) is 8.32. The molecule has 9 heteroatoms. The van der Waals surface area contributed by atoms with E-state index in [2.05, 4.69) is 10.3 Å². The van der Waals surface area contributed by atoms with E-state index >= 15 is 0 Å². The predicted octanol–water partition coefficient (Wildman–Crippen LogP) is 4.18. The standard InChI is InChI=1S/C17H17Cl2N3O2S2/c18-14-10-25-17(15(14)19)26(23,24)22-9-12(8-11-3-6-20-7-4-11)13-2-1-5-21-16(13)22/h1-2,5,9-11,20H,3-4,6-8H2. The highest BCUT2D eigenvalue weighted by Crippen LogP contribution is 2.38. The summed E-state index contributed by atoms with van der Waals surface area (Å²) in [7, 11) is -3.85. The number of hydrogen-bond acceptors (Lipinski definition) is 5. The quantitative estimate of drug-likeness (QED) is 0.675. The minimum absolute atomic E-state index is 0.0418. The van der Waals surface area contributed by atoms with Crippen molar-refractivity contribution in [3.05, 3.63) is 45.5 Å². The summed E-state index contributed by atoms with van der Waals surface area (Å²) in [6, 6.07) is 3.76. The van der Waals surface area contributed by atoms with E-state index < -0.39 is 10.0 Å². The van der Waals surface area contributed by atoms with Gasteiger partial charge in [-0.25, -0.2) is 8.96 Å². The number of fused-ring (bicyclic) bond motifs is 1. The van der Waals surface area contributed by atoms with Crippen LogP contribution < -0.4 is 5.32 Å². The lowest BCUT2D eigenvalue weighted by Gasteiger charge is -2.22. The second kappa shape index (κ2) is 7.13. The smallest absolute Gasteiger partial charge is 0.280 e. The molecule has 5 nitrogen and oxygen atoms in total. The topological polar surface area (TPSA) is 64.0 Å². The van der Waals surface area contributed by atoms with E-state index in [0.717, 1.165) is 54.6 Å². The van der Waals surface area contributed by atoms with E-state index in [9.17, 15) is 8.42 Å². The van der Waals surface area contributed by atoms with Gasteiger partial charge in [0.25, 0.3) is 10.0 Å². The lowest BCUT2D eigenvalue weighted by Crippen LogP contribution is -2.28. The Labute approximate surface area is 166 Å². The molecule has 26 heavy (non-hydrogen) atoms. The monoisotopic (exact) mass is 429 g/mol. The SMILES string of the molecule is O=S(=O)(c1scc(Cl)c1Cl)n1cc(CC2CCNCC2)c2cccnc21. The van der Waals surface area contributed by atoms with Gasteiger partial charge in [0, 0.05) is 23.2 Å². The van der Waals surface area contributed by atoms with Crippen LogP contribution in [0.15, 0.2) is 34.1 Å². The van der Waals surface area contributed by atoms with Crippen molar-refractivity contribution in [2.45, 2.75) is 23.5 Å². The summed E-state index contributed by atoms with van der Waals surface area (Å²) in [4.78, 5) is 4.32. The molecule has 3 aromatic rings. The van der Waals surface area contributed by atoms with Gasteiger partial charge in [0.05, 0.1) is 10.0 Å². The Morgan fingerprint density at radius 2 is 2.08 bits per heavy atom. The minimum Gasteiger partial charge on any atom is -0.317 e. The summed E-state index contributed by atoms with van der Waals surface area (Å²) in [5, 5.41) is 6.07. The zero-order valence-electron chi connectivity index (χ0n) is 13.8. The fraction of sp³-hybridized carbons (Fsp3) is 0.353. The van der Waals surface area contributed by atoms with Crippen LogP contribution in [0.4, 0.5) is 0 Å². The van der Waals surface area contributed by atoms with E-state index in [4.69, 9.17) is 23.2 Å². The van der Waals surface area contributed by atoms with Crippen LogP contribution in [0, 0.1) is 5.92 Å². The molecule has 0 radical (unpaired) electrons. The average Bonchev–Trinajstić information content (AvgIpc) is 3.18. The van der Waals surface area contributed by atoms with Gasteiger partial charge >= 0.3 is 0 Å². The van der Waals surface area contributed by atoms with Gasteiger partial charge < -0.3 is 5.32 Å². The van der Waals surface area contributed by atoms with Crippen LogP contribution in [-0.2, 0) is 16.4 Å². The van der Waals surface area contributed by atoms with Crippen molar-refractivity contribution in [1.82, 2.24) is 14.3 Å². The molecule has 0 aromatic carbocycles. The summed E-state index contributed by atoms with van der Waals surface area (Å²) < 4.78 is 27.6. The van der Waals surface area contributed by atoms with Crippen molar-refractivity contribution in [2.24, 2.45) is 5.92 Å². The van der Waals surface area contributed by atoms with Crippen molar-refractivity contribution in [3.8, 4) is 0 Å². The number of aromatic nitrogens is 2. The highest BCUT2D eigenvalue weighted by Gasteiger charge is 2.28. The summed E-state index contributed by atoms with van der Waals surface area (Å²) >= 11 is 13.1. The van der Waals surface area contributed by atoms with Crippen LogP contribution in [0.25, 0.3) is 11.0 Å². The summed E-state index contributed by atoms with van der Waals surface area (Å²) in [6.45, 7) is 2.01. The predicted molar refractivity (Wildman–Crippen MR) is 106 cm³/mol. The molecule has 0 amide bonds. The lowest BCUT2D eigenvalue weighted by molar-refractivity contribution is 0.373. The number of nitrogens with zero attached hydrogens (tertiary/aromatic N) is 2. The number of nitrogens with one attached hydrogen (secondary N) is 1. The van der Waals surface area contributed by atoms with Crippen LogP contribution >= 0.6 is 34.5 Å². The van der Waals surface area contributed by atoms with E-state index in [0.29, 0.717) is 11.6 Å². The maximum atomic E-state index is 13.2. The fourth-order valence-electron chi connectivity index (χ4n) is 3.41. The van der Waals surface area contributed by atoms with Crippen molar-refractivity contribution in [1.29, 1.82) is 0 Å². The second-order valence-electron chi connectivity index (χ2n) is 6.41. The number of halogens is 2. The molecule has 1 N–H and O–H groups in total. The number of pyridine rings is 1. The number of piperidine rings is 1. The maximum absolute atomic E-state index is 13.2. The highest BCUT2D eigenvalue weighted by molar-refractivity contribution is 7.92. The molecule has 1 aliphatic heterocycles. The second-order valence-corrected chi connectivity index (χ2v) is 10.1. The highest BCUT2D eigenvalue weighted by atomic mass is 35.5. The molecule has 3 aromatic heterocycles. The first kappa shape index (κ1) is 18.3. The van der Waals surface area contributed by atoms with Crippen LogP contribution in [0.5, 0.6) is 0 Å². The Morgan fingerprint density at radius 3 is 2.77 bits per heavy atom. The van der Waals surface area contributed by atoms with Gasteiger partial charge in [0.15, 0.2) is 9.86 Å². The van der Waals surface area contributed by atoms with E-state index in [1.54, 1.807) is 12.4 Å². The third kappa shape index (κ3) is 3.16. The van der Waals surface area contributed by atoms with E-state index in [1.165, 1.54) is 9.35 Å². The van der Waals surface area contributed by atoms with Crippen LogP contribution in [0.3, 0.4) is 0 Å². The molecule has 4 rings (SSSR count). The third-order valence-corrected chi connectivity index (χ3v) is 9.04. The zero-order chi connectivity index (χ0) is 18.3. The Balaban J connectivity index is 1.81. The first-order chi connectivity index (χ1) is 12.5. The molecule has 0 aliphatic carbocycles. The van der Waals surface area contributed by atoms with Crippen LogP contribution in [-0.4, -0.2) is 30.5 Å². The summed E-state index contributed by atoms with van der Waals surface area (Å²) in [5.74, 6) is 0.540. The van der Waals surface area contributed by atoms with E-state index in [1.807, 2.05) is 12.1 Å². The largest absolute Gasteiger partial charge is 0.317 e. The minimum atomic E-state index is -3.85. The van der Waals surface area contributed by atoms with Gasteiger partial charge in [-0.1, -0.05) is 23.2 Å². The summed E-state index contributed by atoms with van der Waals surface area (Å²) in [6.07, 6.45) is 6.31. The van der Waals surface area contributed by atoms with Gasteiger partial charge in [0.2, 0.25) is 0 Å². The Morgan fingerprint density at radius 1 is 1.31 bits per heavy atom. The van der Waals surface area contributed by atoms with Crippen LogP contribution in [0.1, 0.15) is 18.4 Å². The molecule has 1 aliphatic rings. The third-order valence-electron chi connectivity index (χ3n) is 4.73. The number of rotatable bonds is 4. The summed E-state index contributed by atoms with van der Waals surface area (Å²) in [5.41, 5.74) is 1.43. The maximum Gasteiger partial charge on any atom is 0.280 e.